The van der Waals surface area contributed by atoms with Crippen LogP contribution in [0.15, 0.2) is 35.2 Å². The summed E-state index contributed by atoms with van der Waals surface area (Å²) in [4.78, 5) is 14.1. The third-order valence-electron chi connectivity index (χ3n) is 2.48. The van der Waals surface area contributed by atoms with E-state index in [0.717, 1.165) is 6.42 Å². The predicted octanol–water partition coefficient (Wildman–Crippen LogP) is 3.09. The molecular weight excluding hydrogens is 250 g/mol. The monoisotopic (exact) mass is 263 g/mol. The van der Waals surface area contributed by atoms with Gasteiger partial charge in [0.25, 0.3) is 0 Å². The maximum atomic E-state index is 10.8. The van der Waals surface area contributed by atoms with Crippen LogP contribution in [0.3, 0.4) is 0 Å². The van der Waals surface area contributed by atoms with Gasteiger partial charge in [-0.15, -0.1) is 0 Å². The van der Waals surface area contributed by atoms with Crippen molar-refractivity contribution in [2.75, 3.05) is 5.32 Å². The second kappa shape index (κ2) is 5.59. The van der Waals surface area contributed by atoms with Crippen molar-refractivity contribution in [1.82, 2.24) is 4.98 Å². The van der Waals surface area contributed by atoms with Crippen molar-refractivity contribution in [3.8, 4) is 0 Å². The van der Waals surface area contributed by atoms with Crippen molar-refractivity contribution in [1.29, 1.82) is 0 Å². The quantitative estimate of drug-likeness (QED) is 0.665. The van der Waals surface area contributed by atoms with E-state index in [1.54, 1.807) is 23.5 Å². The molecular formula is C12H13N3O2S. The van der Waals surface area contributed by atoms with Gasteiger partial charge in [-0.25, -0.2) is 0 Å². The summed E-state index contributed by atoms with van der Waals surface area (Å²) in [5.41, 5.74) is 1.69. The molecule has 0 aliphatic rings. The molecule has 2 aromatic rings. The number of pyridine rings is 1. The zero-order valence-electron chi connectivity index (χ0n) is 9.87. The standard InChI is InChI=1S/C12H13N3O2S/c1-9(7-10-4-6-18-8-10)14-11-3-2-5-13-12(11)15(16)17/h2-6,8-9,14H,7H2,1H3. The van der Waals surface area contributed by atoms with Crippen molar-refractivity contribution >= 4 is 22.8 Å². The highest BCUT2D eigenvalue weighted by molar-refractivity contribution is 7.07. The van der Waals surface area contributed by atoms with Crippen LogP contribution in [0.4, 0.5) is 11.5 Å². The Morgan fingerprint density at radius 2 is 2.39 bits per heavy atom. The average Bonchev–Trinajstić information content (AvgIpc) is 2.82. The molecule has 0 bridgehead atoms. The van der Waals surface area contributed by atoms with Crippen molar-refractivity contribution in [2.45, 2.75) is 19.4 Å². The summed E-state index contributed by atoms with van der Waals surface area (Å²) in [6.07, 6.45) is 2.25. The van der Waals surface area contributed by atoms with E-state index >= 15 is 0 Å². The zero-order chi connectivity index (χ0) is 13.0. The number of thiophene rings is 1. The Bertz CT molecular complexity index is 528. The topological polar surface area (TPSA) is 68.1 Å². The fourth-order valence-corrected chi connectivity index (χ4v) is 2.42. The molecule has 0 amide bonds. The Balaban J connectivity index is 2.07. The molecule has 0 aliphatic carbocycles. The molecule has 0 spiro atoms. The first kappa shape index (κ1) is 12.5. The van der Waals surface area contributed by atoms with E-state index < -0.39 is 4.92 Å². The van der Waals surface area contributed by atoms with Crippen LogP contribution >= 0.6 is 11.3 Å². The van der Waals surface area contributed by atoms with Crippen molar-refractivity contribution in [3.05, 3.63) is 50.8 Å². The molecule has 0 aromatic carbocycles. The lowest BCUT2D eigenvalue weighted by atomic mass is 10.1. The van der Waals surface area contributed by atoms with Crippen molar-refractivity contribution in [3.63, 3.8) is 0 Å². The highest BCUT2D eigenvalue weighted by atomic mass is 32.1. The molecule has 1 atom stereocenters. The first-order chi connectivity index (χ1) is 8.66. The van der Waals surface area contributed by atoms with Crippen LogP contribution in [-0.2, 0) is 6.42 Å². The van der Waals surface area contributed by atoms with E-state index in [4.69, 9.17) is 0 Å². The first-order valence-electron chi connectivity index (χ1n) is 5.54. The summed E-state index contributed by atoms with van der Waals surface area (Å²) < 4.78 is 0. The van der Waals surface area contributed by atoms with Crippen LogP contribution in [0.5, 0.6) is 0 Å². The first-order valence-corrected chi connectivity index (χ1v) is 6.48. The zero-order valence-corrected chi connectivity index (χ0v) is 10.7. The fraction of sp³-hybridized carbons (Fsp3) is 0.250. The average molecular weight is 263 g/mol. The Kier molecular flexibility index (Phi) is 3.88. The largest absolute Gasteiger partial charge is 0.386 e. The second-order valence-electron chi connectivity index (χ2n) is 4.01. The summed E-state index contributed by atoms with van der Waals surface area (Å²) >= 11 is 1.65. The second-order valence-corrected chi connectivity index (χ2v) is 4.79. The third kappa shape index (κ3) is 3.04. The highest BCUT2D eigenvalue weighted by Crippen LogP contribution is 2.21. The molecule has 2 heterocycles. The molecule has 0 radical (unpaired) electrons. The summed E-state index contributed by atoms with van der Waals surface area (Å²) in [6, 6.07) is 5.53. The van der Waals surface area contributed by atoms with Crippen LogP contribution in [-0.4, -0.2) is 15.9 Å². The third-order valence-corrected chi connectivity index (χ3v) is 3.22. The number of nitrogens with zero attached hydrogens (tertiary/aromatic N) is 2. The molecule has 0 saturated carbocycles. The van der Waals surface area contributed by atoms with E-state index in [1.807, 2.05) is 12.3 Å². The molecule has 6 heteroatoms. The van der Waals surface area contributed by atoms with Gasteiger partial charge in [-0.2, -0.15) is 11.3 Å². The van der Waals surface area contributed by atoms with Gasteiger partial charge in [-0.05, 0) is 57.8 Å². The lowest BCUT2D eigenvalue weighted by molar-refractivity contribution is -0.388. The van der Waals surface area contributed by atoms with E-state index in [2.05, 4.69) is 21.7 Å². The van der Waals surface area contributed by atoms with Gasteiger partial charge in [0.15, 0.2) is 0 Å². The number of rotatable bonds is 5. The van der Waals surface area contributed by atoms with Gasteiger partial charge < -0.3 is 15.4 Å². The van der Waals surface area contributed by atoms with Crippen LogP contribution in [0.2, 0.25) is 0 Å². The minimum Gasteiger partial charge on any atom is -0.375 e. The van der Waals surface area contributed by atoms with E-state index in [0.29, 0.717) is 5.69 Å². The van der Waals surface area contributed by atoms with Crippen molar-refractivity contribution in [2.24, 2.45) is 0 Å². The molecule has 0 fully saturated rings. The Hall–Kier alpha value is -1.95. The maximum Gasteiger partial charge on any atom is 0.386 e. The smallest absolute Gasteiger partial charge is 0.375 e. The number of aromatic nitrogens is 1. The fourth-order valence-electron chi connectivity index (χ4n) is 1.73. The normalized spacial score (nSPS) is 12.1. The minimum absolute atomic E-state index is 0.113. The molecule has 2 aromatic heterocycles. The Morgan fingerprint density at radius 3 is 3.06 bits per heavy atom. The van der Waals surface area contributed by atoms with Crippen LogP contribution < -0.4 is 5.32 Å². The van der Waals surface area contributed by atoms with Crippen molar-refractivity contribution < 1.29 is 4.92 Å². The predicted molar refractivity (Wildman–Crippen MR) is 72.0 cm³/mol. The number of anilines is 1. The van der Waals surface area contributed by atoms with E-state index in [1.165, 1.54) is 11.8 Å². The summed E-state index contributed by atoms with van der Waals surface area (Å²) in [5, 5.41) is 18.1. The minimum atomic E-state index is -0.473. The van der Waals surface area contributed by atoms with Gasteiger partial charge in [-0.3, -0.25) is 0 Å². The number of nitrogens with one attached hydrogen (secondary N) is 1. The van der Waals surface area contributed by atoms with Gasteiger partial charge in [0.2, 0.25) is 0 Å². The lowest BCUT2D eigenvalue weighted by Gasteiger charge is -2.13. The van der Waals surface area contributed by atoms with E-state index in [-0.39, 0.29) is 11.9 Å². The molecule has 0 saturated heterocycles. The van der Waals surface area contributed by atoms with Gasteiger partial charge in [0.05, 0.1) is 0 Å². The molecule has 18 heavy (non-hydrogen) atoms. The van der Waals surface area contributed by atoms with Gasteiger partial charge in [-0.1, -0.05) is 0 Å². The van der Waals surface area contributed by atoms with Crippen LogP contribution in [0.1, 0.15) is 12.5 Å². The molecule has 1 unspecified atom stereocenters. The Labute approximate surface area is 109 Å². The van der Waals surface area contributed by atoms with Gasteiger partial charge in [0, 0.05) is 6.04 Å². The number of hydrogen-bond acceptors (Lipinski definition) is 5. The maximum absolute atomic E-state index is 10.8. The van der Waals surface area contributed by atoms with Gasteiger partial charge >= 0.3 is 5.82 Å². The molecule has 5 nitrogen and oxygen atoms in total. The molecule has 94 valence electrons. The highest BCUT2D eigenvalue weighted by Gasteiger charge is 2.15. The SMILES string of the molecule is CC(Cc1ccsc1)Nc1cccnc1[N+](=O)[O-]. The van der Waals surface area contributed by atoms with Crippen LogP contribution in [0.25, 0.3) is 0 Å². The lowest BCUT2D eigenvalue weighted by Crippen LogP contribution is -2.18. The van der Waals surface area contributed by atoms with Crippen LogP contribution in [0, 0.1) is 10.1 Å². The summed E-state index contributed by atoms with van der Waals surface area (Å²) in [6.45, 7) is 1.99. The van der Waals surface area contributed by atoms with E-state index in [9.17, 15) is 10.1 Å². The summed E-state index contributed by atoms with van der Waals surface area (Å²) in [7, 11) is 0. The summed E-state index contributed by atoms with van der Waals surface area (Å²) in [5.74, 6) is -0.130. The van der Waals surface area contributed by atoms with Gasteiger partial charge in [0.1, 0.15) is 11.9 Å². The Morgan fingerprint density at radius 1 is 1.56 bits per heavy atom. The molecule has 2 rings (SSSR count). The molecule has 1 N–H and O–H groups in total. The molecule has 0 aliphatic heterocycles. The number of nitro groups is 1. The number of hydrogen-bond donors (Lipinski definition) is 1.